The lowest BCUT2D eigenvalue weighted by atomic mass is 10.1. The van der Waals surface area contributed by atoms with Crippen LogP contribution in [0.25, 0.3) is 0 Å². The summed E-state index contributed by atoms with van der Waals surface area (Å²) in [5.74, 6) is -0.842. The third kappa shape index (κ3) is 2.72. The van der Waals surface area contributed by atoms with Crippen molar-refractivity contribution in [3.05, 3.63) is 29.3 Å². The van der Waals surface area contributed by atoms with Crippen molar-refractivity contribution >= 4 is 21.8 Å². The van der Waals surface area contributed by atoms with Crippen LogP contribution in [0.2, 0.25) is 0 Å². The van der Waals surface area contributed by atoms with Crippen LogP contribution >= 0.6 is 0 Å². The van der Waals surface area contributed by atoms with Gasteiger partial charge in [-0.25, -0.2) is 12.7 Å². The summed E-state index contributed by atoms with van der Waals surface area (Å²) in [6.07, 6.45) is 1.69. The molecule has 1 aromatic rings. The largest absolute Gasteiger partial charge is 0.349 e. The molecule has 0 bridgehead atoms. The van der Waals surface area contributed by atoms with Gasteiger partial charge in [0.25, 0.3) is 21.8 Å². The van der Waals surface area contributed by atoms with Crippen molar-refractivity contribution in [2.75, 3.05) is 19.6 Å². The molecule has 2 aliphatic rings. The summed E-state index contributed by atoms with van der Waals surface area (Å²) in [5, 5.41) is 6.13. The Bertz CT molecular complexity index is 754. The molecule has 0 saturated carbocycles. The molecule has 0 unspecified atom stereocenters. The van der Waals surface area contributed by atoms with Crippen LogP contribution in [-0.4, -0.2) is 50.2 Å². The van der Waals surface area contributed by atoms with E-state index < -0.39 is 15.9 Å². The Labute approximate surface area is 135 Å². The number of benzene rings is 1. The molecule has 7 nitrogen and oxygen atoms in total. The van der Waals surface area contributed by atoms with E-state index in [1.807, 2.05) is 0 Å². The van der Waals surface area contributed by atoms with E-state index in [1.165, 1.54) is 18.2 Å². The molecule has 3 rings (SSSR count). The molecule has 8 heteroatoms. The molecule has 1 fully saturated rings. The van der Waals surface area contributed by atoms with Gasteiger partial charge in [-0.1, -0.05) is 0 Å². The van der Waals surface area contributed by atoms with E-state index in [0.29, 0.717) is 0 Å². The Balaban J connectivity index is 1.87. The lowest BCUT2D eigenvalue weighted by Crippen LogP contribution is -2.42. The van der Waals surface area contributed by atoms with E-state index in [2.05, 4.69) is 10.6 Å². The molecular formula is C15H19N3O4S. The minimum atomic E-state index is -3.84. The topological polar surface area (TPSA) is 95.6 Å². The number of fused-ring (bicyclic) bond motifs is 1. The van der Waals surface area contributed by atoms with Gasteiger partial charge < -0.3 is 10.6 Å². The predicted molar refractivity (Wildman–Crippen MR) is 83.7 cm³/mol. The maximum atomic E-state index is 12.4. The number of carbonyl (C=O) groups is 2. The monoisotopic (exact) mass is 337 g/mol. The summed E-state index contributed by atoms with van der Waals surface area (Å²) < 4.78 is 25.5. The first-order chi connectivity index (χ1) is 10.9. The molecule has 0 aromatic heterocycles. The molecule has 0 atom stereocenters. The van der Waals surface area contributed by atoms with Crippen LogP contribution in [0.4, 0.5) is 0 Å². The number of rotatable bonds is 3. The second-order valence-corrected chi connectivity index (χ2v) is 7.51. The summed E-state index contributed by atoms with van der Waals surface area (Å²) in [5.41, 5.74) is 0.391. The Hall–Kier alpha value is -1.93. The summed E-state index contributed by atoms with van der Waals surface area (Å²) in [4.78, 5) is 24.3. The number of sulfonamides is 1. The SMILES string of the molecule is CCN1C(=O)c2ccc(C(=O)NC3CCNCC3)cc2S1(=O)=O. The maximum absolute atomic E-state index is 12.4. The fraction of sp³-hybridized carbons (Fsp3) is 0.467. The Morgan fingerprint density at radius 1 is 1.35 bits per heavy atom. The third-order valence-corrected chi connectivity index (χ3v) is 6.13. The van der Waals surface area contributed by atoms with Crippen LogP contribution in [0.3, 0.4) is 0 Å². The highest BCUT2D eigenvalue weighted by atomic mass is 32.2. The first-order valence-electron chi connectivity index (χ1n) is 7.68. The molecule has 0 aliphatic carbocycles. The zero-order valence-electron chi connectivity index (χ0n) is 12.8. The normalized spacial score (nSPS) is 20.4. The van der Waals surface area contributed by atoms with Crippen molar-refractivity contribution in [1.29, 1.82) is 0 Å². The smallest absolute Gasteiger partial charge is 0.268 e. The summed E-state index contributed by atoms with van der Waals surface area (Å²) in [6, 6.07) is 4.31. The molecule has 2 N–H and O–H groups in total. The van der Waals surface area contributed by atoms with Crippen molar-refractivity contribution in [2.45, 2.75) is 30.7 Å². The van der Waals surface area contributed by atoms with Gasteiger partial charge in [0.1, 0.15) is 4.90 Å². The molecule has 2 amide bonds. The second-order valence-electron chi connectivity index (χ2n) is 5.68. The van der Waals surface area contributed by atoms with Gasteiger partial charge in [0.05, 0.1) is 5.56 Å². The highest BCUT2D eigenvalue weighted by Crippen LogP contribution is 2.30. The van der Waals surface area contributed by atoms with E-state index in [0.717, 1.165) is 30.2 Å². The number of nitrogens with one attached hydrogen (secondary N) is 2. The van der Waals surface area contributed by atoms with Crippen molar-refractivity contribution < 1.29 is 18.0 Å². The molecular weight excluding hydrogens is 318 g/mol. The first-order valence-corrected chi connectivity index (χ1v) is 9.12. The lowest BCUT2D eigenvalue weighted by Gasteiger charge is -2.23. The molecule has 1 saturated heterocycles. The molecule has 1 aromatic carbocycles. The standard InChI is InChI=1S/C15H19N3O4S/c1-2-18-15(20)12-4-3-10(9-13(12)23(18,21)22)14(19)17-11-5-7-16-8-6-11/h3-4,9,11,16H,2,5-8H2,1H3,(H,17,19). The van der Waals surface area contributed by atoms with Gasteiger partial charge in [0.2, 0.25) is 0 Å². The van der Waals surface area contributed by atoms with Crippen LogP contribution in [0, 0.1) is 0 Å². The lowest BCUT2D eigenvalue weighted by molar-refractivity contribution is 0.0873. The highest BCUT2D eigenvalue weighted by molar-refractivity contribution is 7.90. The minimum absolute atomic E-state index is 0.0758. The van der Waals surface area contributed by atoms with Gasteiger partial charge >= 0.3 is 0 Å². The van der Waals surface area contributed by atoms with Gasteiger partial charge in [-0.2, -0.15) is 0 Å². The fourth-order valence-corrected chi connectivity index (χ4v) is 4.57. The van der Waals surface area contributed by atoms with Crippen LogP contribution in [-0.2, 0) is 10.0 Å². The van der Waals surface area contributed by atoms with Gasteiger partial charge in [-0.05, 0) is 51.1 Å². The molecule has 0 radical (unpaired) electrons. The number of hydrogen-bond acceptors (Lipinski definition) is 5. The minimum Gasteiger partial charge on any atom is -0.349 e. The number of piperidine rings is 1. The van der Waals surface area contributed by atoms with Gasteiger partial charge in [-0.3, -0.25) is 9.59 Å². The van der Waals surface area contributed by atoms with Crippen molar-refractivity contribution in [2.24, 2.45) is 0 Å². The van der Waals surface area contributed by atoms with E-state index in [4.69, 9.17) is 0 Å². The maximum Gasteiger partial charge on any atom is 0.268 e. The average molecular weight is 337 g/mol. The van der Waals surface area contributed by atoms with E-state index >= 15 is 0 Å². The number of carbonyl (C=O) groups excluding carboxylic acids is 2. The Morgan fingerprint density at radius 2 is 2.04 bits per heavy atom. The van der Waals surface area contributed by atoms with E-state index in [1.54, 1.807) is 6.92 Å². The van der Waals surface area contributed by atoms with E-state index in [-0.39, 0.29) is 34.5 Å². The van der Waals surface area contributed by atoms with Crippen molar-refractivity contribution in [1.82, 2.24) is 14.9 Å². The highest BCUT2D eigenvalue weighted by Gasteiger charge is 2.40. The van der Waals surface area contributed by atoms with Crippen LogP contribution in [0.1, 0.15) is 40.5 Å². The molecule has 2 aliphatic heterocycles. The third-order valence-electron chi connectivity index (χ3n) is 4.23. The zero-order valence-corrected chi connectivity index (χ0v) is 13.6. The number of amides is 2. The zero-order chi connectivity index (χ0) is 16.6. The molecule has 0 spiro atoms. The summed E-state index contributed by atoms with van der Waals surface area (Å²) >= 11 is 0. The second kappa shape index (κ2) is 5.93. The fourth-order valence-electron chi connectivity index (χ4n) is 2.96. The molecule has 23 heavy (non-hydrogen) atoms. The first kappa shape index (κ1) is 15.9. The van der Waals surface area contributed by atoms with Crippen molar-refractivity contribution in [3.63, 3.8) is 0 Å². The number of nitrogens with zero attached hydrogens (tertiary/aromatic N) is 1. The van der Waals surface area contributed by atoms with Gasteiger partial charge in [0, 0.05) is 18.2 Å². The Morgan fingerprint density at radius 3 is 2.70 bits per heavy atom. The van der Waals surface area contributed by atoms with Crippen LogP contribution < -0.4 is 10.6 Å². The number of hydrogen-bond donors (Lipinski definition) is 2. The summed E-state index contributed by atoms with van der Waals surface area (Å²) in [6.45, 7) is 3.38. The van der Waals surface area contributed by atoms with Crippen LogP contribution in [0.15, 0.2) is 23.1 Å². The molecule has 124 valence electrons. The average Bonchev–Trinajstić information content (AvgIpc) is 2.74. The van der Waals surface area contributed by atoms with E-state index in [9.17, 15) is 18.0 Å². The predicted octanol–water partition coefficient (Wildman–Crippen LogP) is 0.333. The Kier molecular flexibility index (Phi) is 4.11. The molecule has 2 heterocycles. The quantitative estimate of drug-likeness (QED) is 0.829. The van der Waals surface area contributed by atoms with Gasteiger partial charge in [-0.15, -0.1) is 0 Å². The summed E-state index contributed by atoms with van der Waals surface area (Å²) in [7, 11) is -3.84. The van der Waals surface area contributed by atoms with Gasteiger partial charge in [0.15, 0.2) is 0 Å². The van der Waals surface area contributed by atoms with Crippen LogP contribution in [0.5, 0.6) is 0 Å². The van der Waals surface area contributed by atoms with Crippen molar-refractivity contribution in [3.8, 4) is 0 Å².